The van der Waals surface area contributed by atoms with Crippen LogP contribution in [-0.2, 0) is 4.79 Å². The van der Waals surface area contributed by atoms with Crippen LogP contribution in [-0.4, -0.2) is 25.0 Å². The monoisotopic (exact) mass is 246 g/mol. The molecule has 1 aromatic rings. The van der Waals surface area contributed by atoms with Gasteiger partial charge < -0.3 is 10.6 Å². The van der Waals surface area contributed by atoms with Gasteiger partial charge in [-0.3, -0.25) is 4.79 Å². The lowest BCUT2D eigenvalue weighted by Crippen LogP contribution is -2.43. The zero-order chi connectivity index (χ0) is 13.0. The Balaban J connectivity index is 1.68. The highest BCUT2D eigenvalue weighted by Gasteiger charge is 2.30. The summed E-state index contributed by atoms with van der Waals surface area (Å²) in [6.45, 7) is 5.33. The van der Waals surface area contributed by atoms with Crippen molar-refractivity contribution in [2.24, 2.45) is 0 Å². The van der Waals surface area contributed by atoms with E-state index in [-0.39, 0.29) is 5.91 Å². The van der Waals surface area contributed by atoms with Crippen molar-refractivity contribution in [1.82, 2.24) is 10.6 Å². The molecule has 1 aliphatic carbocycles. The second-order valence-electron chi connectivity index (χ2n) is 5.16. The maximum absolute atomic E-state index is 10.7. The van der Waals surface area contributed by atoms with Crippen molar-refractivity contribution in [1.29, 1.82) is 0 Å². The third kappa shape index (κ3) is 3.33. The van der Waals surface area contributed by atoms with Gasteiger partial charge in [0.2, 0.25) is 5.91 Å². The number of carbonyl (C=O) groups is 1. The van der Waals surface area contributed by atoms with E-state index in [1.54, 1.807) is 6.92 Å². The van der Waals surface area contributed by atoms with E-state index in [0.717, 1.165) is 13.1 Å². The summed E-state index contributed by atoms with van der Waals surface area (Å²) >= 11 is 0. The summed E-state index contributed by atoms with van der Waals surface area (Å²) < 4.78 is 0. The van der Waals surface area contributed by atoms with Crippen LogP contribution in [0.1, 0.15) is 36.8 Å². The highest BCUT2D eigenvalue weighted by Crippen LogP contribution is 2.38. The first-order valence-corrected chi connectivity index (χ1v) is 6.70. The summed E-state index contributed by atoms with van der Waals surface area (Å²) in [5.41, 5.74) is 2.90. The Morgan fingerprint density at radius 3 is 2.67 bits per heavy atom. The molecule has 0 heterocycles. The summed E-state index contributed by atoms with van der Waals surface area (Å²) in [5, 5.41) is 6.28. The molecule has 0 saturated heterocycles. The third-order valence-corrected chi connectivity index (χ3v) is 3.70. The van der Waals surface area contributed by atoms with E-state index in [1.807, 2.05) is 0 Å². The molecule has 1 aliphatic rings. The van der Waals surface area contributed by atoms with Gasteiger partial charge in [-0.15, -0.1) is 0 Å². The molecular weight excluding hydrogens is 224 g/mol. The van der Waals surface area contributed by atoms with Gasteiger partial charge in [-0.1, -0.05) is 24.3 Å². The number of aryl methyl sites for hydroxylation is 1. The minimum absolute atomic E-state index is 0.0446. The molecule has 1 aromatic carbocycles. The van der Waals surface area contributed by atoms with Crippen molar-refractivity contribution in [3.8, 4) is 0 Å². The number of nitrogens with one attached hydrogen (secondary N) is 2. The van der Waals surface area contributed by atoms with Crippen LogP contribution in [0.25, 0.3) is 0 Å². The molecule has 1 amide bonds. The maximum atomic E-state index is 10.7. The van der Waals surface area contributed by atoms with Crippen molar-refractivity contribution in [3.63, 3.8) is 0 Å². The van der Waals surface area contributed by atoms with E-state index in [2.05, 4.69) is 41.8 Å². The number of hydrogen-bond donors (Lipinski definition) is 2. The molecule has 3 nitrogen and oxygen atoms in total. The first-order valence-electron chi connectivity index (χ1n) is 6.70. The summed E-state index contributed by atoms with van der Waals surface area (Å²) in [5.74, 6) is 0.757. The van der Waals surface area contributed by atoms with Gasteiger partial charge in [-0.25, -0.2) is 0 Å². The van der Waals surface area contributed by atoms with Crippen molar-refractivity contribution in [2.75, 3.05) is 13.1 Å². The van der Waals surface area contributed by atoms with E-state index < -0.39 is 0 Å². The van der Waals surface area contributed by atoms with Crippen molar-refractivity contribution in [2.45, 2.75) is 38.6 Å². The Labute approximate surface area is 109 Å². The SMILES string of the molecule is CC(=O)NCCNC1CC(c2ccccc2C)C1. The molecule has 0 spiro atoms. The summed E-state index contributed by atoms with van der Waals surface area (Å²) in [6.07, 6.45) is 2.43. The van der Waals surface area contributed by atoms with Crippen LogP contribution in [0.4, 0.5) is 0 Å². The van der Waals surface area contributed by atoms with Gasteiger partial charge in [0.25, 0.3) is 0 Å². The lowest BCUT2D eigenvalue weighted by atomic mass is 9.74. The molecule has 18 heavy (non-hydrogen) atoms. The number of benzene rings is 1. The molecule has 3 heteroatoms. The highest BCUT2D eigenvalue weighted by atomic mass is 16.1. The lowest BCUT2D eigenvalue weighted by molar-refractivity contribution is -0.118. The summed E-state index contributed by atoms with van der Waals surface area (Å²) in [7, 11) is 0. The van der Waals surface area contributed by atoms with Crippen molar-refractivity contribution >= 4 is 5.91 Å². The molecule has 0 radical (unpaired) electrons. The Kier molecular flexibility index (Phi) is 4.37. The fourth-order valence-corrected chi connectivity index (χ4v) is 2.60. The largest absolute Gasteiger partial charge is 0.355 e. The van der Waals surface area contributed by atoms with Gasteiger partial charge in [-0.2, -0.15) is 0 Å². The van der Waals surface area contributed by atoms with Crippen molar-refractivity contribution < 1.29 is 4.79 Å². The van der Waals surface area contributed by atoms with Crippen LogP contribution in [0.2, 0.25) is 0 Å². The van der Waals surface area contributed by atoms with E-state index in [0.29, 0.717) is 12.0 Å². The van der Waals surface area contributed by atoms with Crippen LogP contribution in [0.5, 0.6) is 0 Å². The summed E-state index contributed by atoms with van der Waals surface area (Å²) in [4.78, 5) is 10.7. The number of amides is 1. The maximum Gasteiger partial charge on any atom is 0.216 e. The lowest BCUT2D eigenvalue weighted by Gasteiger charge is -2.37. The molecule has 0 unspecified atom stereocenters. The van der Waals surface area contributed by atoms with Gasteiger partial charge in [0.05, 0.1) is 0 Å². The average molecular weight is 246 g/mol. The Bertz CT molecular complexity index is 411. The van der Waals surface area contributed by atoms with Crippen LogP contribution in [0.15, 0.2) is 24.3 Å². The minimum Gasteiger partial charge on any atom is -0.355 e. The molecule has 0 atom stereocenters. The first kappa shape index (κ1) is 13.1. The minimum atomic E-state index is 0.0446. The van der Waals surface area contributed by atoms with Gasteiger partial charge in [0.1, 0.15) is 0 Å². The van der Waals surface area contributed by atoms with E-state index in [1.165, 1.54) is 24.0 Å². The van der Waals surface area contributed by atoms with E-state index in [4.69, 9.17) is 0 Å². The average Bonchev–Trinajstić information content (AvgIpc) is 2.28. The van der Waals surface area contributed by atoms with Crippen LogP contribution < -0.4 is 10.6 Å². The smallest absolute Gasteiger partial charge is 0.216 e. The van der Waals surface area contributed by atoms with Gasteiger partial charge in [0.15, 0.2) is 0 Å². The van der Waals surface area contributed by atoms with Crippen LogP contribution >= 0.6 is 0 Å². The molecule has 2 rings (SSSR count). The van der Waals surface area contributed by atoms with Crippen molar-refractivity contribution in [3.05, 3.63) is 35.4 Å². The second-order valence-corrected chi connectivity index (χ2v) is 5.16. The zero-order valence-corrected chi connectivity index (χ0v) is 11.2. The molecule has 0 bridgehead atoms. The number of rotatable bonds is 5. The zero-order valence-electron chi connectivity index (χ0n) is 11.2. The molecule has 98 valence electrons. The highest BCUT2D eigenvalue weighted by molar-refractivity contribution is 5.72. The number of hydrogen-bond acceptors (Lipinski definition) is 2. The first-order chi connectivity index (χ1) is 8.66. The Morgan fingerprint density at radius 1 is 1.28 bits per heavy atom. The Morgan fingerprint density at radius 2 is 2.00 bits per heavy atom. The molecule has 0 aromatic heterocycles. The quantitative estimate of drug-likeness (QED) is 0.780. The normalized spacial score (nSPS) is 22.3. The predicted molar refractivity (Wildman–Crippen MR) is 73.6 cm³/mol. The summed E-state index contributed by atoms with van der Waals surface area (Å²) in [6, 6.07) is 9.27. The molecule has 2 N–H and O–H groups in total. The van der Waals surface area contributed by atoms with Crippen LogP contribution in [0.3, 0.4) is 0 Å². The predicted octanol–water partition coefficient (Wildman–Crippen LogP) is 1.97. The van der Waals surface area contributed by atoms with E-state index in [9.17, 15) is 4.79 Å². The fourth-order valence-electron chi connectivity index (χ4n) is 2.60. The standard InChI is InChI=1S/C15H22N2O/c1-11-5-3-4-6-15(11)13-9-14(10-13)17-8-7-16-12(2)18/h3-6,13-14,17H,7-10H2,1-2H3,(H,16,18). The number of carbonyl (C=O) groups excluding carboxylic acids is 1. The Hall–Kier alpha value is -1.35. The van der Waals surface area contributed by atoms with Gasteiger partial charge >= 0.3 is 0 Å². The molecular formula is C15H22N2O. The fraction of sp³-hybridized carbons (Fsp3) is 0.533. The van der Waals surface area contributed by atoms with Gasteiger partial charge in [0, 0.05) is 26.1 Å². The van der Waals surface area contributed by atoms with E-state index >= 15 is 0 Å². The molecule has 1 saturated carbocycles. The molecule has 0 aliphatic heterocycles. The van der Waals surface area contributed by atoms with Crippen LogP contribution in [0, 0.1) is 6.92 Å². The topological polar surface area (TPSA) is 41.1 Å². The third-order valence-electron chi connectivity index (χ3n) is 3.70. The molecule has 1 fully saturated rings. The second kappa shape index (κ2) is 6.01. The van der Waals surface area contributed by atoms with Gasteiger partial charge in [-0.05, 0) is 36.8 Å².